The molecule has 0 unspecified atom stereocenters. The third-order valence-electron chi connectivity index (χ3n) is 3.64. The molecule has 1 saturated heterocycles. The standard InChI is InChI=1S/C15H22F3N3O/c1-10(2)22-11-6-8-21(9-7-11)14-12(19-3)4-5-13(20-14)15(16,17)18/h4-5,10-11,19H,6-9H2,1-3H3. The quantitative estimate of drug-likeness (QED) is 0.922. The highest BCUT2D eigenvalue weighted by Gasteiger charge is 2.34. The molecule has 0 amide bonds. The van der Waals surface area contributed by atoms with Gasteiger partial charge in [-0.15, -0.1) is 0 Å². The SMILES string of the molecule is CNc1ccc(C(F)(F)F)nc1N1CCC(OC(C)C)CC1. The average molecular weight is 317 g/mol. The van der Waals surface area contributed by atoms with Crippen LogP contribution >= 0.6 is 0 Å². The third kappa shape index (κ3) is 4.03. The van der Waals surface area contributed by atoms with E-state index in [9.17, 15) is 13.2 Å². The zero-order valence-corrected chi connectivity index (χ0v) is 13.1. The number of aromatic nitrogens is 1. The molecule has 4 nitrogen and oxygen atoms in total. The van der Waals surface area contributed by atoms with Crippen molar-refractivity contribution < 1.29 is 17.9 Å². The van der Waals surface area contributed by atoms with Crippen LogP contribution in [0.15, 0.2) is 12.1 Å². The molecule has 0 bridgehead atoms. The molecule has 0 atom stereocenters. The van der Waals surface area contributed by atoms with Crippen molar-refractivity contribution in [3.63, 3.8) is 0 Å². The Hall–Kier alpha value is -1.50. The van der Waals surface area contributed by atoms with E-state index in [1.165, 1.54) is 6.07 Å². The predicted molar refractivity (Wildman–Crippen MR) is 80.2 cm³/mol. The van der Waals surface area contributed by atoms with Crippen LogP contribution < -0.4 is 10.2 Å². The van der Waals surface area contributed by atoms with E-state index in [-0.39, 0.29) is 12.2 Å². The van der Waals surface area contributed by atoms with Gasteiger partial charge in [-0.25, -0.2) is 4.98 Å². The first-order chi connectivity index (χ1) is 10.3. The highest BCUT2D eigenvalue weighted by molar-refractivity contribution is 5.66. The normalized spacial score (nSPS) is 17.1. The van der Waals surface area contributed by atoms with Crippen LogP contribution in [0.25, 0.3) is 0 Å². The molecule has 2 heterocycles. The van der Waals surface area contributed by atoms with Crippen molar-refractivity contribution in [1.82, 2.24) is 4.98 Å². The summed E-state index contributed by atoms with van der Waals surface area (Å²) in [5.41, 5.74) is -0.252. The summed E-state index contributed by atoms with van der Waals surface area (Å²) in [4.78, 5) is 5.71. The van der Waals surface area contributed by atoms with Crippen molar-refractivity contribution in [2.45, 2.75) is 45.1 Å². The lowest BCUT2D eigenvalue weighted by atomic mass is 10.1. The molecular weight excluding hydrogens is 295 g/mol. The van der Waals surface area contributed by atoms with Gasteiger partial charge in [-0.2, -0.15) is 13.2 Å². The van der Waals surface area contributed by atoms with Crippen molar-refractivity contribution in [3.05, 3.63) is 17.8 Å². The number of hydrogen-bond acceptors (Lipinski definition) is 4. The lowest BCUT2D eigenvalue weighted by Gasteiger charge is -2.34. The minimum Gasteiger partial charge on any atom is -0.385 e. The Morgan fingerprint density at radius 3 is 2.41 bits per heavy atom. The van der Waals surface area contributed by atoms with Crippen LogP contribution in [0.3, 0.4) is 0 Å². The molecule has 124 valence electrons. The maximum atomic E-state index is 12.9. The van der Waals surface area contributed by atoms with E-state index in [1.807, 2.05) is 18.7 Å². The summed E-state index contributed by atoms with van der Waals surface area (Å²) in [5, 5.41) is 2.91. The van der Waals surface area contributed by atoms with E-state index in [4.69, 9.17) is 4.74 Å². The topological polar surface area (TPSA) is 37.4 Å². The number of rotatable bonds is 4. The number of nitrogens with zero attached hydrogens (tertiary/aromatic N) is 2. The maximum absolute atomic E-state index is 12.9. The Balaban J connectivity index is 2.15. The van der Waals surface area contributed by atoms with Gasteiger partial charge in [0.15, 0.2) is 5.82 Å². The predicted octanol–water partition coefficient (Wildman–Crippen LogP) is 3.54. The largest absolute Gasteiger partial charge is 0.433 e. The number of anilines is 2. The zero-order valence-electron chi connectivity index (χ0n) is 13.1. The maximum Gasteiger partial charge on any atom is 0.433 e. The molecule has 0 spiro atoms. The molecule has 0 saturated carbocycles. The van der Waals surface area contributed by atoms with E-state index in [2.05, 4.69) is 10.3 Å². The number of piperidine rings is 1. The smallest absolute Gasteiger partial charge is 0.385 e. The first-order valence-corrected chi connectivity index (χ1v) is 7.47. The molecule has 1 N–H and O–H groups in total. The van der Waals surface area contributed by atoms with Gasteiger partial charge in [0.2, 0.25) is 0 Å². The molecular formula is C15H22F3N3O. The fourth-order valence-corrected chi connectivity index (χ4v) is 2.63. The van der Waals surface area contributed by atoms with Gasteiger partial charge >= 0.3 is 6.18 Å². The first-order valence-electron chi connectivity index (χ1n) is 7.47. The third-order valence-corrected chi connectivity index (χ3v) is 3.64. The summed E-state index contributed by atoms with van der Waals surface area (Å²) in [6.45, 7) is 5.25. The van der Waals surface area contributed by atoms with Gasteiger partial charge in [-0.1, -0.05) is 0 Å². The summed E-state index contributed by atoms with van der Waals surface area (Å²) in [5.74, 6) is 0.361. The van der Waals surface area contributed by atoms with Crippen molar-refractivity contribution in [2.24, 2.45) is 0 Å². The molecule has 1 aliphatic rings. The number of nitrogens with one attached hydrogen (secondary N) is 1. The summed E-state index contributed by atoms with van der Waals surface area (Å²) in [7, 11) is 1.68. The average Bonchev–Trinajstić information content (AvgIpc) is 2.46. The Morgan fingerprint density at radius 1 is 1.27 bits per heavy atom. The molecule has 1 fully saturated rings. The van der Waals surface area contributed by atoms with E-state index in [0.717, 1.165) is 18.9 Å². The Labute approximate surface area is 128 Å². The van der Waals surface area contributed by atoms with Gasteiger partial charge < -0.3 is 15.0 Å². The van der Waals surface area contributed by atoms with Crippen molar-refractivity contribution in [2.75, 3.05) is 30.4 Å². The number of ether oxygens (including phenoxy) is 1. The molecule has 22 heavy (non-hydrogen) atoms. The van der Waals surface area contributed by atoms with Crippen molar-refractivity contribution >= 4 is 11.5 Å². The van der Waals surface area contributed by atoms with Crippen LogP contribution in [-0.4, -0.2) is 37.3 Å². The van der Waals surface area contributed by atoms with Crippen LogP contribution in [-0.2, 0) is 10.9 Å². The van der Waals surface area contributed by atoms with Gasteiger partial charge in [0, 0.05) is 20.1 Å². The second-order valence-electron chi connectivity index (χ2n) is 5.69. The minimum absolute atomic E-state index is 0.163. The molecule has 7 heteroatoms. The minimum atomic E-state index is -4.43. The fraction of sp³-hybridized carbons (Fsp3) is 0.667. The van der Waals surface area contributed by atoms with Crippen LogP contribution in [0.4, 0.5) is 24.7 Å². The van der Waals surface area contributed by atoms with Gasteiger partial charge in [-0.05, 0) is 38.8 Å². The van der Waals surface area contributed by atoms with Crippen LogP contribution in [0.5, 0.6) is 0 Å². The molecule has 0 radical (unpaired) electrons. The highest BCUT2D eigenvalue weighted by atomic mass is 19.4. The Kier molecular flexibility index (Phi) is 5.16. The molecule has 0 aromatic carbocycles. The van der Waals surface area contributed by atoms with E-state index in [0.29, 0.717) is 24.6 Å². The summed E-state index contributed by atoms with van der Waals surface area (Å²) in [6.07, 6.45) is -2.52. The first kappa shape index (κ1) is 16.9. The molecule has 1 aliphatic heterocycles. The molecule has 1 aromatic rings. The second-order valence-corrected chi connectivity index (χ2v) is 5.69. The van der Waals surface area contributed by atoms with Crippen LogP contribution in [0.1, 0.15) is 32.4 Å². The molecule has 2 rings (SSSR count). The van der Waals surface area contributed by atoms with Crippen molar-refractivity contribution in [1.29, 1.82) is 0 Å². The van der Waals surface area contributed by atoms with Gasteiger partial charge in [0.25, 0.3) is 0 Å². The van der Waals surface area contributed by atoms with Gasteiger partial charge in [-0.3, -0.25) is 0 Å². The molecule has 1 aromatic heterocycles. The van der Waals surface area contributed by atoms with Crippen molar-refractivity contribution in [3.8, 4) is 0 Å². The van der Waals surface area contributed by atoms with Gasteiger partial charge in [0.05, 0.1) is 17.9 Å². The van der Waals surface area contributed by atoms with Gasteiger partial charge in [0.1, 0.15) is 5.69 Å². The summed E-state index contributed by atoms with van der Waals surface area (Å²) < 4.78 is 44.3. The lowest BCUT2D eigenvalue weighted by molar-refractivity contribution is -0.141. The molecule has 0 aliphatic carbocycles. The summed E-state index contributed by atoms with van der Waals surface area (Å²) >= 11 is 0. The van der Waals surface area contributed by atoms with E-state index < -0.39 is 11.9 Å². The fourth-order valence-electron chi connectivity index (χ4n) is 2.63. The zero-order chi connectivity index (χ0) is 16.3. The number of halogens is 3. The number of alkyl halides is 3. The van der Waals surface area contributed by atoms with Crippen LogP contribution in [0.2, 0.25) is 0 Å². The number of hydrogen-bond donors (Lipinski definition) is 1. The van der Waals surface area contributed by atoms with E-state index in [1.54, 1.807) is 7.05 Å². The highest BCUT2D eigenvalue weighted by Crippen LogP contribution is 2.33. The summed E-state index contributed by atoms with van der Waals surface area (Å²) in [6, 6.07) is 2.44. The lowest BCUT2D eigenvalue weighted by Crippen LogP contribution is -2.38. The Bertz CT molecular complexity index is 497. The monoisotopic (exact) mass is 317 g/mol. The Morgan fingerprint density at radius 2 is 1.91 bits per heavy atom. The van der Waals surface area contributed by atoms with Crippen LogP contribution in [0, 0.1) is 0 Å². The second kappa shape index (κ2) is 6.73. The number of pyridine rings is 1. The van der Waals surface area contributed by atoms with E-state index >= 15 is 0 Å².